The van der Waals surface area contributed by atoms with Crippen LogP contribution in [0.25, 0.3) is 17.1 Å². The summed E-state index contributed by atoms with van der Waals surface area (Å²) in [7, 11) is 0. The Balaban J connectivity index is 1.68. The molecule has 0 saturated carbocycles. The molecule has 1 aromatic heterocycles. The molecular weight excluding hydrogens is 292 g/mol. The maximum atomic E-state index is 4.81. The number of nitrogens with zero attached hydrogens (tertiary/aromatic N) is 1. The van der Waals surface area contributed by atoms with Gasteiger partial charge in [0, 0.05) is 6.42 Å². The average molecular weight is 316 g/mol. The summed E-state index contributed by atoms with van der Waals surface area (Å²) in [5.74, 6) is 1.60. The fourth-order valence-electron chi connectivity index (χ4n) is 3.83. The first-order valence-corrected chi connectivity index (χ1v) is 8.98. The summed E-state index contributed by atoms with van der Waals surface area (Å²) in [6.07, 6.45) is 9.05. The van der Waals surface area contributed by atoms with Crippen molar-refractivity contribution >= 4 is 17.1 Å². The quantitative estimate of drug-likeness (QED) is 0.670. The molecule has 0 amide bonds. The predicted octanol–water partition coefficient (Wildman–Crippen LogP) is 5.57. The van der Waals surface area contributed by atoms with Gasteiger partial charge in [-0.05, 0) is 66.5 Å². The van der Waals surface area contributed by atoms with Crippen LogP contribution in [0, 0.1) is 6.92 Å². The van der Waals surface area contributed by atoms with Gasteiger partial charge in [0.1, 0.15) is 5.82 Å². The first kappa shape index (κ1) is 15.2. The molecule has 1 atom stereocenters. The highest BCUT2D eigenvalue weighted by Crippen LogP contribution is 2.32. The van der Waals surface area contributed by atoms with E-state index in [0.717, 1.165) is 36.1 Å². The molecule has 24 heavy (non-hydrogen) atoms. The van der Waals surface area contributed by atoms with Crippen LogP contribution in [0.15, 0.2) is 42.5 Å². The molecule has 2 aromatic carbocycles. The molecule has 0 saturated heterocycles. The summed E-state index contributed by atoms with van der Waals surface area (Å²) in [5, 5.41) is 0. The van der Waals surface area contributed by atoms with E-state index in [9.17, 15) is 0 Å². The normalized spacial score (nSPS) is 14.8. The second-order valence-electron chi connectivity index (χ2n) is 6.87. The van der Waals surface area contributed by atoms with Crippen molar-refractivity contribution in [2.24, 2.45) is 0 Å². The van der Waals surface area contributed by atoms with Gasteiger partial charge in [0.2, 0.25) is 0 Å². The van der Waals surface area contributed by atoms with Crippen LogP contribution in [0.2, 0.25) is 0 Å². The minimum atomic E-state index is 0.504. The molecule has 122 valence electrons. The number of aryl methyl sites for hydroxylation is 2. The Morgan fingerprint density at radius 2 is 2.12 bits per heavy atom. The van der Waals surface area contributed by atoms with Gasteiger partial charge in [0.25, 0.3) is 0 Å². The lowest BCUT2D eigenvalue weighted by Gasteiger charge is -2.21. The van der Waals surface area contributed by atoms with Crippen LogP contribution in [0.5, 0.6) is 0 Å². The summed E-state index contributed by atoms with van der Waals surface area (Å²) in [6.45, 7) is 4.40. The number of hydrogen-bond donors (Lipinski definition) is 1. The number of H-pyrrole nitrogens is 1. The van der Waals surface area contributed by atoms with Gasteiger partial charge >= 0.3 is 0 Å². The van der Waals surface area contributed by atoms with E-state index in [-0.39, 0.29) is 0 Å². The predicted molar refractivity (Wildman–Crippen MR) is 101 cm³/mol. The monoisotopic (exact) mass is 316 g/mol. The Morgan fingerprint density at radius 1 is 1.21 bits per heavy atom. The lowest BCUT2D eigenvalue weighted by atomic mass is 9.84. The highest BCUT2D eigenvalue weighted by atomic mass is 14.9. The minimum Gasteiger partial charge on any atom is -0.342 e. The van der Waals surface area contributed by atoms with E-state index in [1.807, 2.05) is 0 Å². The fourth-order valence-corrected chi connectivity index (χ4v) is 3.83. The van der Waals surface area contributed by atoms with Crippen molar-refractivity contribution in [3.63, 3.8) is 0 Å². The van der Waals surface area contributed by atoms with Crippen molar-refractivity contribution in [2.45, 2.75) is 45.4 Å². The third-order valence-corrected chi connectivity index (χ3v) is 5.15. The van der Waals surface area contributed by atoms with Crippen LogP contribution >= 0.6 is 0 Å². The number of fused-ring (bicyclic) bond motifs is 2. The lowest BCUT2D eigenvalue weighted by Crippen LogP contribution is -2.08. The standard InChI is InChI=1S/C22H24N2/c1-3-16(18-10-6-8-17-7-4-5-9-19(17)18)14-22-23-20-12-11-15(2)13-21(20)24-22/h5-6,8-13,16H,3-4,7,14H2,1-2H3,(H,23,24). The van der Waals surface area contributed by atoms with E-state index in [0.29, 0.717) is 5.92 Å². The van der Waals surface area contributed by atoms with Gasteiger partial charge < -0.3 is 4.98 Å². The van der Waals surface area contributed by atoms with Crippen LogP contribution in [-0.2, 0) is 12.8 Å². The number of aromatic amines is 1. The van der Waals surface area contributed by atoms with Gasteiger partial charge in [0.15, 0.2) is 0 Å². The molecule has 2 heteroatoms. The van der Waals surface area contributed by atoms with E-state index in [2.05, 4.69) is 67.4 Å². The zero-order valence-electron chi connectivity index (χ0n) is 14.5. The summed E-state index contributed by atoms with van der Waals surface area (Å²) in [6, 6.07) is 13.2. The van der Waals surface area contributed by atoms with Gasteiger partial charge in [-0.1, -0.05) is 43.3 Å². The Hall–Kier alpha value is -2.35. The van der Waals surface area contributed by atoms with Crippen LogP contribution < -0.4 is 0 Å². The van der Waals surface area contributed by atoms with Crippen LogP contribution in [0.4, 0.5) is 0 Å². The second-order valence-corrected chi connectivity index (χ2v) is 6.87. The van der Waals surface area contributed by atoms with Crippen molar-refractivity contribution in [1.82, 2.24) is 9.97 Å². The number of rotatable bonds is 4. The smallest absolute Gasteiger partial charge is 0.107 e. The van der Waals surface area contributed by atoms with Gasteiger partial charge in [-0.2, -0.15) is 0 Å². The maximum absolute atomic E-state index is 4.81. The molecule has 1 aliphatic carbocycles. The number of allylic oxidation sites excluding steroid dienone is 1. The zero-order valence-corrected chi connectivity index (χ0v) is 14.5. The molecule has 0 bridgehead atoms. The Bertz CT molecular complexity index is 901. The van der Waals surface area contributed by atoms with Crippen molar-refractivity contribution in [2.75, 3.05) is 0 Å². The molecule has 1 aliphatic rings. The first-order chi connectivity index (χ1) is 11.7. The van der Waals surface area contributed by atoms with Crippen LogP contribution in [0.1, 0.15) is 53.8 Å². The molecule has 1 unspecified atom stereocenters. The first-order valence-electron chi connectivity index (χ1n) is 8.98. The minimum absolute atomic E-state index is 0.504. The van der Waals surface area contributed by atoms with Crippen molar-refractivity contribution in [3.05, 3.63) is 70.6 Å². The highest BCUT2D eigenvalue weighted by Gasteiger charge is 2.18. The molecule has 0 aliphatic heterocycles. The molecule has 1 N–H and O–H groups in total. The summed E-state index contributed by atoms with van der Waals surface area (Å²) in [5.41, 5.74) is 7.90. The maximum Gasteiger partial charge on any atom is 0.107 e. The van der Waals surface area contributed by atoms with Crippen molar-refractivity contribution in [1.29, 1.82) is 0 Å². The number of aromatic nitrogens is 2. The van der Waals surface area contributed by atoms with Crippen molar-refractivity contribution < 1.29 is 0 Å². The van der Waals surface area contributed by atoms with E-state index in [4.69, 9.17) is 4.98 Å². The average Bonchev–Trinajstić information content (AvgIpc) is 3.01. The molecule has 2 nitrogen and oxygen atoms in total. The number of nitrogens with one attached hydrogen (secondary N) is 1. The van der Waals surface area contributed by atoms with Gasteiger partial charge in [-0.3, -0.25) is 0 Å². The number of hydrogen-bond acceptors (Lipinski definition) is 1. The zero-order chi connectivity index (χ0) is 16.5. The number of benzene rings is 2. The third kappa shape index (κ3) is 2.77. The molecule has 4 rings (SSSR count). The van der Waals surface area contributed by atoms with E-state index in [1.165, 1.54) is 28.7 Å². The van der Waals surface area contributed by atoms with Crippen LogP contribution in [0.3, 0.4) is 0 Å². The van der Waals surface area contributed by atoms with Gasteiger partial charge in [0.05, 0.1) is 11.0 Å². The molecule has 0 radical (unpaired) electrons. The van der Waals surface area contributed by atoms with Gasteiger partial charge in [-0.15, -0.1) is 0 Å². The SMILES string of the molecule is CCC(Cc1nc2ccc(C)cc2[nH]1)c1cccc2c1C=CCC2. The van der Waals surface area contributed by atoms with Crippen LogP contribution in [-0.4, -0.2) is 9.97 Å². The van der Waals surface area contributed by atoms with E-state index < -0.39 is 0 Å². The Labute approximate surface area is 143 Å². The summed E-state index contributed by atoms with van der Waals surface area (Å²) < 4.78 is 0. The Morgan fingerprint density at radius 3 is 3.00 bits per heavy atom. The topological polar surface area (TPSA) is 28.7 Å². The van der Waals surface area contributed by atoms with E-state index in [1.54, 1.807) is 0 Å². The Kier molecular flexibility index (Phi) is 3.97. The van der Waals surface area contributed by atoms with Gasteiger partial charge in [-0.25, -0.2) is 4.98 Å². The summed E-state index contributed by atoms with van der Waals surface area (Å²) >= 11 is 0. The lowest BCUT2D eigenvalue weighted by molar-refractivity contribution is 0.639. The largest absolute Gasteiger partial charge is 0.342 e. The molecule has 0 spiro atoms. The molecule has 1 heterocycles. The third-order valence-electron chi connectivity index (χ3n) is 5.15. The highest BCUT2D eigenvalue weighted by molar-refractivity contribution is 5.75. The molecule has 3 aromatic rings. The number of imidazole rings is 1. The molecular formula is C22H24N2. The van der Waals surface area contributed by atoms with E-state index >= 15 is 0 Å². The summed E-state index contributed by atoms with van der Waals surface area (Å²) in [4.78, 5) is 8.33. The van der Waals surface area contributed by atoms with Crippen molar-refractivity contribution in [3.8, 4) is 0 Å². The fraction of sp³-hybridized carbons (Fsp3) is 0.318. The molecule has 0 fully saturated rings. The second kappa shape index (κ2) is 6.27.